The summed E-state index contributed by atoms with van der Waals surface area (Å²) < 4.78 is 2.07. The maximum absolute atomic E-state index is 13.3. The van der Waals surface area contributed by atoms with Crippen molar-refractivity contribution < 1.29 is 19.2 Å². The molecule has 6 rings (SSSR count). The van der Waals surface area contributed by atoms with E-state index < -0.39 is 18.0 Å². The van der Waals surface area contributed by atoms with Crippen LogP contribution in [0, 0.1) is 20.8 Å². The first-order valence-corrected chi connectivity index (χ1v) is 21.6. The molecule has 15 heteroatoms. The Balaban J connectivity index is 0.828. The number of rotatable bonds is 20. The molecule has 1 saturated heterocycles. The highest BCUT2D eigenvalue weighted by Crippen LogP contribution is 2.39. The van der Waals surface area contributed by atoms with Crippen molar-refractivity contribution in [1.29, 1.82) is 0 Å². The van der Waals surface area contributed by atoms with Crippen LogP contribution >= 0.6 is 22.9 Å². The highest BCUT2D eigenvalue weighted by atomic mass is 35.5. The third-order valence-corrected chi connectivity index (χ3v) is 12.0. The molecule has 2 aromatic heterocycles. The summed E-state index contributed by atoms with van der Waals surface area (Å²) in [6.07, 6.45) is 8.73. The van der Waals surface area contributed by atoms with Crippen molar-refractivity contribution in [2.24, 2.45) is 4.99 Å². The van der Waals surface area contributed by atoms with Crippen molar-refractivity contribution in [3.05, 3.63) is 92.3 Å². The minimum Gasteiger partial charge on any atom is -0.384 e. The highest BCUT2D eigenvalue weighted by Gasteiger charge is 2.32. The first kappa shape index (κ1) is 42.7. The van der Waals surface area contributed by atoms with Crippen LogP contribution in [0.15, 0.2) is 53.5 Å². The topological polar surface area (TPSA) is 172 Å². The van der Waals surface area contributed by atoms with Crippen LogP contribution in [0.1, 0.15) is 109 Å². The zero-order valence-corrected chi connectivity index (χ0v) is 35.2. The molecular weight excluding hydrogens is 774 g/mol. The lowest BCUT2D eigenvalue weighted by Crippen LogP contribution is -2.52. The van der Waals surface area contributed by atoms with Gasteiger partial charge in [0.05, 0.1) is 18.6 Å². The Morgan fingerprint density at radius 2 is 1.64 bits per heavy atom. The Labute approximate surface area is 349 Å². The van der Waals surface area contributed by atoms with E-state index in [0.717, 1.165) is 89.8 Å². The maximum atomic E-state index is 13.3. The molecule has 5 N–H and O–H groups in total. The molecule has 58 heavy (non-hydrogen) atoms. The number of hydrogen-bond donors (Lipinski definition) is 5. The number of aryl methyl sites for hydroxylation is 2. The number of carbonyl (C=O) groups excluding carboxylic acids is 4. The summed E-state index contributed by atoms with van der Waals surface area (Å²) in [5, 5.41) is 25.6. The number of imide groups is 1. The number of anilines is 1. The second-order valence-electron chi connectivity index (χ2n) is 15.1. The van der Waals surface area contributed by atoms with E-state index >= 15 is 0 Å². The van der Waals surface area contributed by atoms with Crippen molar-refractivity contribution in [3.63, 3.8) is 0 Å². The summed E-state index contributed by atoms with van der Waals surface area (Å²) in [6.45, 7) is 9.37. The number of thiophene rings is 1. The smallest absolute Gasteiger partial charge is 0.249 e. The standard InChI is InChI=1S/C43H54ClN9O4S/c1-27-28(2)58-43-39(27)40(31-14-16-32(44)17-15-31)49-35(41-52-51-29(3)53(41)43)26-37(55)47-21-10-8-6-4-5-7-9-20-45-22-23-46-33-13-11-12-30(24-33)25-38(56)48-34-18-19-36(54)50-42(34)57/h11-17,24,34-35,45-46H,4-10,18-23,25-26H2,1-3H3,(H,47,55)(H,48,56)(H,50,54,57)/t34?,35-/m0/s1. The molecule has 13 nitrogen and oxygen atoms in total. The number of unbranched alkanes of at least 4 members (excludes halogenated alkanes) is 6. The van der Waals surface area contributed by atoms with Crippen LogP contribution in [0.5, 0.6) is 0 Å². The van der Waals surface area contributed by atoms with E-state index in [9.17, 15) is 19.2 Å². The van der Waals surface area contributed by atoms with Gasteiger partial charge >= 0.3 is 0 Å². The minimum atomic E-state index is -0.665. The highest BCUT2D eigenvalue weighted by molar-refractivity contribution is 7.15. The first-order chi connectivity index (χ1) is 28.1. The number of piperidine rings is 1. The van der Waals surface area contributed by atoms with Crippen molar-refractivity contribution in [3.8, 4) is 5.00 Å². The minimum absolute atomic E-state index is 0.0427. The van der Waals surface area contributed by atoms with Gasteiger partial charge in [-0.25, -0.2) is 0 Å². The lowest BCUT2D eigenvalue weighted by Gasteiger charge is -2.21. The SMILES string of the molecule is Cc1sc2c(c1C)C(c1ccc(Cl)cc1)=N[C@@H](CC(=O)NCCCCCCCCCNCCNc1cccc(CC(=O)NC3CCC(=O)NC3=O)c1)c1nnc(C)n1-2. The fraction of sp³-hybridized carbons (Fsp3) is 0.465. The van der Waals surface area contributed by atoms with Gasteiger partial charge in [0, 0.05) is 52.8 Å². The fourth-order valence-electron chi connectivity index (χ4n) is 7.34. The fourth-order valence-corrected chi connectivity index (χ4v) is 8.68. The Morgan fingerprint density at radius 1 is 0.897 bits per heavy atom. The molecule has 1 unspecified atom stereocenters. The van der Waals surface area contributed by atoms with E-state index in [1.807, 2.05) is 55.5 Å². The van der Waals surface area contributed by atoms with Gasteiger partial charge in [0.25, 0.3) is 0 Å². The zero-order valence-electron chi connectivity index (χ0n) is 33.6. The molecule has 2 atom stereocenters. The molecule has 0 radical (unpaired) electrons. The molecule has 0 saturated carbocycles. The molecular formula is C43H54ClN9O4S. The quantitative estimate of drug-likeness (QED) is 0.0518. The van der Waals surface area contributed by atoms with Gasteiger partial charge in [-0.05, 0) is 82.0 Å². The van der Waals surface area contributed by atoms with Crippen molar-refractivity contribution in [2.75, 3.05) is 31.5 Å². The summed E-state index contributed by atoms with van der Waals surface area (Å²) in [6, 6.07) is 14.3. The number of fused-ring (bicyclic) bond motifs is 3. The molecule has 4 heterocycles. The summed E-state index contributed by atoms with van der Waals surface area (Å²) in [7, 11) is 0. The van der Waals surface area contributed by atoms with Gasteiger partial charge in [0.2, 0.25) is 23.6 Å². The number of halogens is 1. The molecule has 308 valence electrons. The summed E-state index contributed by atoms with van der Waals surface area (Å²) in [4.78, 5) is 55.4. The number of carbonyl (C=O) groups is 4. The average molecular weight is 828 g/mol. The molecule has 1 fully saturated rings. The number of hydrogen-bond acceptors (Lipinski definition) is 10. The largest absolute Gasteiger partial charge is 0.384 e. The van der Waals surface area contributed by atoms with Gasteiger partial charge in [-0.15, -0.1) is 21.5 Å². The van der Waals surface area contributed by atoms with Crippen molar-refractivity contribution in [1.82, 2.24) is 36.0 Å². The molecule has 0 bridgehead atoms. The molecule has 2 aromatic carbocycles. The molecule has 2 aliphatic heterocycles. The van der Waals surface area contributed by atoms with Crippen LogP contribution in [0.4, 0.5) is 5.69 Å². The Kier molecular flexibility index (Phi) is 15.2. The van der Waals surface area contributed by atoms with E-state index in [4.69, 9.17) is 16.6 Å². The lowest BCUT2D eigenvalue weighted by atomic mass is 9.99. The van der Waals surface area contributed by atoms with Crippen LogP contribution in [0.25, 0.3) is 5.00 Å². The lowest BCUT2D eigenvalue weighted by molar-refractivity contribution is -0.137. The van der Waals surface area contributed by atoms with Crippen LogP contribution in [0.2, 0.25) is 5.02 Å². The maximum Gasteiger partial charge on any atom is 0.249 e. The van der Waals surface area contributed by atoms with Crippen LogP contribution in [-0.2, 0) is 25.6 Å². The second kappa shape index (κ2) is 20.7. The van der Waals surface area contributed by atoms with Gasteiger partial charge in [-0.2, -0.15) is 0 Å². The Morgan fingerprint density at radius 3 is 2.40 bits per heavy atom. The van der Waals surface area contributed by atoms with Gasteiger partial charge in [0.1, 0.15) is 22.9 Å². The normalized spacial score (nSPS) is 16.2. The van der Waals surface area contributed by atoms with Crippen LogP contribution in [-0.4, -0.2) is 76.3 Å². The van der Waals surface area contributed by atoms with E-state index in [2.05, 4.69) is 55.2 Å². The predicted molar refractivity (Wildman–Crippen MR) is 229 cm³/mol. The van der Waals surface area contributed by atoms with E-state index in [1.165, 1.54) is 24.1 Å². The van der Waals surface area contributed by atoms with E-state index in [1.54, 1.807) is 11.3 Å². The second-order valence-corrected chi connectivity index (χ2v) is 16.7. The zero-order chi connectivity index (χ0) is 41.0. The van der Waals surface area contributed by atoms with Crippen molar-refractivity contribution >= 4 is 58.0 Å². The molecule has 0 spiro atoms. The number of benzene rings is 2. The third kappa shape index (κ3) is 11.4. The molecule has 4 amide bonds. The monoisotopic (exact) mass is 827 g/mol. The van der Waals surface area contributed by atoms with Gasteiger partial charge in [-0.1, -0.05) is 68.0 Å². The van der Waals surface area contributed by atoms with Crippen LogP contribution in [0.3, 0.4) is 0 Å². The van der Waals surface area contributed by atoms with Crippen LogP contribution < -0.4 is 26.6 Å². The molecule has 0 aliphatic carbocycles. The number of amides is 4. The van der Waals surface area contributed by atoms with Gasteiger partial charge < -0.3 is 21.3 Å². The number of aliphatic imine (C=N–C) groups is 1. The Bertz CT molecular complexity index is 2110. The number of nitrogens with zero attached hydrogens (tertiary/aromatic N) is 4. The first-order valence-electron chi connectivity index (χ1n) is 20.4. The molecule has 4 aromatic rings. The summed E-state index contributed by atoms with van der Waals surface area (Å²) in [5.74, 6) is 0.419. The average Bonchev–Trinajstić information content (AvgIpc) is 3.68. The Hall–Kier alpha value is -4.92. The van der Waals surface area contributed by atoms with Crippen molar-refractivity contribution in [2.45, 2.75) is 103 Å². The number of aromatic nitrogens is 3. The van der Waals surface area contributed by atoms with E-state index in [-0.39, 0.29) is 37.0 Å². The van der Waals surface area contributed by atoms with Gasteiger partial charge in [-0.3, -0.25) is 34.1 Å². The third-order valence-electron chi connectivity index (χ3n) is 10.6. The predicted octanol–water partition coefficient (Wildman–Crippen LogP) is 6.20. The van der Waals surface area contributed by atoms with Gasteiger partial charge in [0.15, 0.2) is 5.82 Å². The van der Waals surface area contributed by atoms with E-state index in [0.29, 0.717) is 23.8 Å². The number of nitrogens with one attached hydrogen (secondary N) is 5. The summed E-state index contributed by atoms with van der Waals surface area (Å²) >= 11 is 7.93. The molecule has 2 aliphatic rings. The summed E-state index contributed by atoms with van der Waals surface area (Å²) in [5.41, 5.74) is 5.80.